The molecule has 4 N–H and O–H groups in total. The SMILES string of the molecule is COc1ccc(NC(=O)Nc2cccc3c2O[C@@H](CN(C)C(=O)NC(C)C)[C@H](C)CN([C@@H](C)CO)C3=O)cc1. The number of hydrogen-bond acceptors (Lipinski definition) is 6. The van der Waals surface area contributed by atoms with Gasteiger partial charge in [-0.2, -0.15) is 0 Å². The first-order valence-electron chi connectivity index (χ1n) is 13.0. The number of carbonyl (C=O) groups excluding carboxylic acids is 3. The van der Waals surface area contributed by atoms with Crippen molar-refractivity contribution in [2.45, 2.75) is 45.9 Å². The number of urea groups is 2. The molecule has 1 aliphatic heterocycles. The van der Waals surface area contributed by atoms with Crippen molar-refractivity contribution in [1.29, 1.82) is 0 Å². The first kappa shape index (κ1) is 29.6. The second-order valence-electron chi connectivity index (χ2n) is 10.1. The lowest BCUT2D eigenvalue weighted by molar-refractivity contribution is 0.0368. The lowest BCUT2D eigenvalue weighted by Gasteiger charge is -2.38. The zero-order chi connectivity index (χ0) is 28.7. The standard InChI is InChI=1S/C28H39N5O6/c1-17(2)29-28(37)32(5)15-24-18(3)14-33(19(4)16-34)26(35)22-8-7-9-23(25(22)39-24)31-27(36)30-20-10-12-21(38-6)13-11-20/h7-13,17-19,24,34H,14-16H2,1-6H3,(H,29,37)(H2,30,31,36)/t18-,19+,24+/m1/s1. The summed E-state index contributed by atoms with van der Waals surface area (Å²) >= 11 is 0. The highest BCUT2D eigenvalue weighted by atomic mass is 16.5. The number of fused-ring (bicyclic) bond motifs is 1. The zero-order valence-electron chi connectivity index (χ0n) is 23.4. The lowest BCUT2D eigenvalue weighted by atomic mass is 9.99. The van der Waals surface area contributed by atoms with Crippen molar-refractivity contribution in [2.24, 2.45) is 5.92 Å². The Morgan fingerprint density at radius 1 is 1.15 bits per heavy atom. The van der Waals surface area contributed by atoms with Crippen LogP contribution >= 0.6 is 0 Å². The van der Waals surface area contributed by atoms with E-state index >= 15 is 0 Å². The van der Waals surface area contributed by atoms with Gasteiger partial charge in [-0.25, -0.2) is 9.59 Å². The van der Waals surface area contributed by atoms with Gasteiger partial charge in [-0.05, 0) is 57.2 Å². The van der Waals surface area contributed by atoms with E-state index in [1.165, 1.54) is 4.90 Å². The van der Waals surface area contributed by atoms with Gasteiger partial charge in [0, 0.05) is 31.2 Å². The van der Waals surface area contributed by atoms with Crippen LogP contribution in [0, 0.1) is 5.92 Å². The smallest absolute Gasteiger partial charge is 0.323 e. The Morgan fingerprint density at radius 2 is 1.85 bits per heavy atom. The normalized spacial score (nSPS) is 17.7. The molecule has 1 aliphatic rings. The van der Waals surface area contributed by atoms with Crippen molar-refractivity contribution in [1.82, 2.24) is 15.1 Å². The van der Waals surface area contributed by atoms with Crippen molar-refractivity contribution in [3.8, 4) is 11.5 Å². The first-order chi connectivity index (χ1) is 18.5. The molecular formula is C28H39N5O6. The highest BCUT2D eigenvalue weighted by Gasteiger charge is 2.35. The van der Waals surface area contributed by atoms with Crippen LogP contribution in [0.25, 0.3) is 0 Å². The Hall–Kier alpha value is -3.99. The second-order valence-corrected chi connectivity index (χ2v) is 10.1. The maximum absolute atomic E-state index is 13.6. The molecule has 2 aromatic carbocycles. The quantitative estimate of drug-likeness (QED) is 0.404. The van der Waals surface area contributed by atoms with E-state index in [4.69, 9.17) is 9.47 Å². The van der Waals surface area contributed by atoms with Crippen molar-refractivity contribution in [2.75, 3.05) is 44.5 Å². The van der Waals surface area contributed by atoms with E-state index in [0.717, 1.165) is 0 Å². The maximum Gasteiger partial charge on any atom is 0.323 e. The summed E-state index contributed by atoms with van der Waals surface area (Å²) < 4.78 is 11.6. The van der Waals surface area contributed by atoms with Crippen molar-refractivity contribution >= 4 is 29.3 Å². The van der Waals surface area contributed by atoms with E-state index in [1.807, 2.05) is 20.8 Å². The van der Waals surface area contributed by atoms with E-state index in [0.29, 0.717) is 23.7 Å². The Labute approximate surface area is 229 Å². The maximum atomic E-state index is 13.6. The number of methoxy groups -OCH3 is 1. The van der Waals surface area contributed by atoms with Crippen LogP contribution < -0.4 is 25.4 Å². The molecule has 0 aromatic heterocycles. The average Bonchev–Trinajstić information content (AvgIpc) is 2.90. The van der Waals surface area contributed by atoms with Gasteiger partial charge < -0.3 is 40.3 Å². The third-order valence-electron chi connectivity index (χ3n) is 6.50. The molecule has 0 unspecified atom stereocenters. The van der Waals surface area contributed by atoms with E-state index < -0.39 is 18.2 Å². The molecule has 0 fully saturated rings. The summed E-state index contributed by atoms with van der Waals surface area (Å²) in [4.78, 5) is 42.3. The van der Waals surface area contributed by atoms with Crippen LogP contribution in [0.2, 0.25) is 0 Å². The number of aliphatic hydroxyl groups is 1. The minimum Gasteiger partial charge on any atom is -0.497 e. The molecule has 39 heavy (non-hydrogen) atoms. The molecule has 3 atom stereocenters. The molecule has 2 aromatic rings. The van der Waals surface area contributed by atoms with Crippen molar-refractivity contribution in [3.63, 3.8) is 0 Å². The molecular weight excluding hydrogens is 502 g/mol. The van der Waals surface area contributed by atoms with Gasteiger partial charge in [0.1, 0.15) is 11.9 Å². The lowest BCUT2D eigenvalue weighted by Crippen LogP contribution is -2.51. The number of benzene rings is 2. The Balaban J connectivity index is 1.93. The number of aliphatic hydroxyl groups excluding tert-OH is 1. The number of hydrogen-bond donors (Lipinski definition) is 4. The van der Waals surface area contributed by atoms with Gasteiger partial charge in [0.05, 0.1) is 37.6 Å². The molecule has 0 aliphatic carbocycles. The predicted molar refractivity (Wildman–Crippen MR) is 150 cm³/mol. The summed E-state index contributed by atoms with van der Waals surface area (Å²) in [5.74, 6) is 0.344. The van der Waals surface area contributed by atoms with Gasteiger partial charge in [-0.3, -0.25) is 4.79 Å². The Kier molecular flexibility index (Phi) is 10.00. The molecule has 0 radical (unpaired) electrons. The minimum absolute atomic E-state index is 0.0325. The summed E-state index contributed by atoms with van der Waals surface area (Å²) in [6.45, 7) is 7.81. The highest BCUT2D eigenvalue weighted by Crippen LogP contribution is 2.35. The highest BCUT2D eigenvalue weighted by molar-refractivity contribution is 6.04. The van der Waals surface area contributed by atoms with Crippen LogP contribution in [0.3, 0.4) is 0 Å². The van der Waals surface area contributed by atoms with Gasteiger partial charge in [-0.1, -0.05) is 13.0 Å². The van der Waals surface area contributed by atoms with E-state index in [1.54, 1.807) is 68.4 Å². The van der Waals surface area contributed by atoms with Gasteiger partial charge in [0.2, 0.25) is 0 Å². The molecule has 3 rings (SSSR count). The Bertz CT molecular complexity index is 1160. The second kappa shape index (κ2) is 13.2. The van der Waals surface area contributed by atoms with Gasteiger partial charge >= 0.3 is 12.1 Å². The van der Waals surface area contributed by atoms with Crippen LogP contribution in [0.5, 0.6) is 11.5 Å². The van der Waals surface area contributed by atoms with Gasteiger partial charge in [-0.15, -0.1) is 0 Å². The summed E-state index contributed by atoms with van der Waals surface area (Å²) in [5, 5.41) is 18.3. The van der Waals surface area contributed by atoms with E-state index in [9.17, 15) is 19.5 Å². The molecule has 0 saturated heterocycles. The molecule has 0 bridgehead atoms. The number of amides is 5. The molecule has 1 heterocycles. The van der Waals surface area contributed by atoms with Crippen LogP contribution in [0.15, 0.2) is 42.5 Å². The van der Waals surface area contributed by atoms with Gasteiger partial charge in [0.25, 0.3) is 5.91 Å². The molecule has 212 valence electrons. The van der Waals surface area contributed by atoms with E-state index in [-0.39, 0.29) is 48.4 Å². The number of anilines is 2. The van der Waals surface area contributed by atoms with Crippen LogP contribution in [0.4, 0.5) is 21.0 Å². The number of carbonyl (C=O) groups is 3. The third kappa shape index (κ3) is 7.53. The molecule has 11 heteroatoms. The summed E-state index contributed by atoms with van der Waals surface area (Å²) in [6, 6.07) is 10.6. The number of nitrogens with zero attached hydrogens (tertiary/aromatic N) is 2. The number of rotatable bonds is 8. The monoisotopic (exact) mass is 541 g/mol. The fourth-order valence-electron chi connectivity index (χ4n) is 4.23. The van der Waals surface area contributed by atoms with Crippen LogP contribution in [-0.2, 0) is 0 Å². The molecule has 0 saturated carbocycles. The summed E-state index contributed by atoms with van der Waals surface area (Å²) in [5.41, 5.74) is 1.11. The zero-order valence-corrected chi connectivity index (χ0v) is 23.4. The summed E-state index contributed by atoms with van der Waals surface area (Å²) in [6.07, 6.45) is -0.513. The van der Waals surface area contributed by atoms with Crippen molar-refractivity contribution < 1.29 is 29.0 Å². The fourth-order valence-corrected chi connectivity index (χ4v) is 4.23. The number of likely N-dealkylation sites (N-methyl/N-ethyl adjacent to an activating group) is 1. The number of para-hydroxylation sites is 1. The average molecular weight is 542 g/mol. The van der Waals surface area contributed by atoms with Gasteiger partial charge in [0.15, 0.2) is 5.75 Å². The third-order valence-corrected chi connectivity index (χ3v) is 6.50. The molecule has 5 amide bonds. The van der Waals surface area contributed by atoms with Crippen molar-refractivity contribution in [3.05, 3.63) is 48.0 Å². The number of ether oxygens (including phenoxy) is 2. The summed E-state index contributed by atoms with van der Waals surface area (Å²) in [7, 11) is 3.24. The molecule has 11 nitrogen and oxygen atoms in total. The minimum atomic E-state index is -0.523. The molecule has 0 spiro atoms. The Morgan fingerprint density at radius 3 is 2.46 bits per heavy atom. The topological polar surface area (TPSA) is 132 Å². The van der Waals surface area contributed by atoms with E-state index in [2.05, 4.69) is 16.0 Å². The predicted octanol–water partition coefficient (Wildman–Crippen LogP) is 3.61. The first-order valence-corrected chi connectivity index (χ1v) is 13.0. The number of nitrogens with one attached hydrogen (secondary N) is 3. The largest absolute Gasteiger partial charge is 0.497 e. The van der Waals surface area contributed by atoms with Crippen LogP contribution in [-0.4, -0.2) is 84.9 Å². The fraction of sp³-hybridized carbons (Fsp3) is 0.464. The van der Waals surface area contributed by atoms with Crippen LogP contribution in [0.1, 0.15) is 38.1 Å².